The molecule has 2 aromatic rings. The molecular weight excluding hydrogens is 384 g/mol. The molecule has 1 N–H and O–H groups in total. The average molecular weight is 393 g/mol. The Balaban J connectivity index is 1.98. The van der Waals surface area contributed by atoms with Crippen LogP contribution >= 0.6 is 46.4 Å². The molecule has 1 amide bonds. The number of amides is 1. The summed E-state index contributed by atoms with van der Waals surface area (Å²) in [4.78, 5) is 23.7. The van der Waals surface area contributed by atoms with Crippen LogP contribution < -0.4 is 5.32 Å². The van der Waals surface area contributed by atoms with Gasteiger partial charge in [0.15, 0.2) is 6.61 Å². The summed E-state index contributed by atoms with van der Waals surface area (Å²) >= 11 is 23.5. The highest BCUT2D eigenvalue weighted by Crippen LogP contribution is 2.29. The fraction of sp³-hybridized carbons (Fsp3) is 0.0667. The summed E-state index contributed by atoms with van der Waals surface area (Å²) in [5.74, 6) is -1.33. The van der Waals surface area contributed by atoms with E-state index in [1.807, 2.05) is 0 Å². The molecule has 0 unspecified atom stereocenters. The number of benzene rings is 2. The molecule has 0 saturated heterocycles. The number of halogens is 4. The molecule has 120 valence electrons. The normalized spacial score (nSPS) is 10.3. The average Bonchev–Trinajstić information content (AvgIpc) is 2.49. The minimum absolute atomic E-state index is 0.111. The van der Waals surface area contributed by atoms with Gasteiger partial charge in [-0.05, 0) is 30.3 Å². The van der Waals surface area contributed by atoms with Crippen molar-refractivity contribution in [1.82, 2.24) is 0 Å². The maximum atomic E-state index is 11.9. The topological polar surface area (TPSA) is 55.4 Å². The van der Waals surface area contributed by atoms with Crippen molar-refractivity contribution in [3.8, 4) is 0 Å². The molecule has 2 rings (SSSR count). The lowest BCUT2D eigenvalue weighted by Crippen LogP contribution is -2.21. The van der Waals surface area contributed by atoms with E-state index in [9.17, 15) is 9.59 Å². The number of hydrogen-bond acceptors (Lipinski definition) is 3. The zero-order valence-corrected chi connectivity index (χ0v) is 14.4. The standard InChI is InChI=1S/C15H9Cl4NO3/c16-8-4-5-9(12(19)6-8)15(22)23-7-13(21)20-14-10(17)2-1-3-11(14)18/h1-6H,7H2,(H,20,21). The number of para-hydroxylation sites is 1. The molecule has 0 spiro atoms. The van der Waals surface area contributed by atoms with E-state index in [-0.39, 0.29) is 26.3 Å². The zero-order chi connectivity index (χ0) is 17.0. The minimum Gasteiger partial charge on any atom is -0.452 e. The maximum absolute atomic E-state index is 11.9. The van der Waals surface area contributed by atoms with Gasteiger partial charge in [0.2, 0.25) is 0 Å². The Morgan fingerprint density at radius 1 is 0.957 bits per heavy atom. The van der Waals surface area contributed by atoms with Gasteiger partial charge in [0.1, 0.15) is 0 Å². The van der Waals surface area contributed by atoms with Crippen LogP contribution in [0, 0.1) is 0 Å². The third-order valence-electron chi connectivity index (χ3n) is 2.71. The van der Waals surface area contributed by atoms with Crippen molar-refractivity contribution in [1.29, 1.82) is 0 Å². The molecule has 0 radical (unpaired) electrons. The van der Waals surface area contributed by atoms with Crippen LogP contribution in [0.5, 0.6) is 0 Å². The number of carbonyl (C=O) groups is 2. The highest BCUT2D eigenvalue weighted by Gasteiger charge is 2.15. The van der Waals surface area contributed by atoms with E-state index >= 15 is 0 Å². The summed E-state index contributed by atoms with van der Waals surface area (Å²) in [6.45, 7) is -0.515. The van der Waals surface area contributed by atoms with Gasteiger partial charge in [-0.25, -0.2) is 4.79 Å². The number of carbonyl (C=O) groups excluding carboxylic acids is 2. The van der Waals surface area contributed by atoms with E-state index in [4.69, 9.17) is 51.1 Å². The summed E-state index contributed by atoms with van der Waals surface area (Å²) in [7, 11) is 0. The summed E-state index contributed by atoms with van der Waals surface area (Å²) in [5.41, 5.74) is 0.362. The van der Waals surface area contributed by atoms with Crippen molar-refractivity contribution in [2.24, 2.45) is 0 Å². The number of nitrogens with one attached hydrogen (secondary N) is 1. The first kappa shape index (κ1) is 17.9. The second kappa shape index (κ2) is 7.88. The van der Waals surface area contributed by atoms with Crippen LogP contribution in [-0.2, 0) is 9.53 Å². The third kappa shape index (κ3) is 4.75. The van der Waals surface area contributed by atoms with E-state index in [0.717, 1.165) is 0 Å². The van der Waals surface area contributed by atoms with Crippen LogP contribution in [0.1, 0.15) is 10.4 Å². The summed E-state index contributed by atoms with van der Waals surface area (Å²) in [5, 5.41) is 3.55. The van der Waals surface area contributed by atoms with Gasteiger partial charge in [-0.1, -0.05) is 52.5 Å². The van der Waals surface area contributed by atoms with Gasteiger partial charge in [0.25, 0.3) is 5.91 Å². The molecule has 0 aliphatic heterocycles. The van der Waals surface area contributed by atoms with Crippen LogP contribution in [0.2, 0.25) is 20.1 Å². The summed E-state index contributed by atoms with van der Waals surface area (Å²) in [6, 6.07) is 9.10. The summed E-state index contributed by atoms with van der Waals surface area (Å²) in [6.07, 6.45) is 0. The summed E-state index contributed by atoms with van der Waals surface area (Å²) < 4.78 is 4.90. The van der Waals surface area contributed by atoms with Gasteiger partial charge in [-0.3, -0.25) is 4.79 Å². The molecule has 0 bridgehead atoms. The first-order valence-electron chi connectivity index (χ1n) is 6.24. The monoisotopic (exact) mass is 391 g/mol. The lowest BCUT2D eigenvalue weighted by atomic mass is 10.2. The quantitative estimate of drug-likeness (QED) is 0.736. The number of esters is 1. The second-order valence-corrected chi connectivity index (χ2v) is 6.00. The van der Waals surface area contributed by atoms with Gasteiger partial charge in [0.05, 0.1) is 26.3 Å². The molecule has 23 heavy (non-hydrogen) atoms. The molecular formula is C15H9Cl4NO3. The van der Waals surface area contributed by atoms with Crippen LogP contribution in [-0.4, -0.2) is 18.5 Å². The Labute approximate surface area is 152 Å². The molecule has 0 aliphatic rings. The molecule has 0 heterocycles. The van der Waals surface area contributed by atoms with Crippen LogP contribution in [0.4, 0.5) is 5.69 Å². The number of hydrogen-bond donors (Lipinski definition) is 1. The number of anilines is 1. The predicted molar refractivity (Wildman–Crippen MR) is 91.8 cm³/mol. The van der Waals surface area contributed by atoms with E-state index in [1.54, 1.807) is 18.2 Å². The Morgan fingerprint density at radius 2 is 1.61 bits per heavy atom. The smallest absolute Gasteiger partial charge is 0.340 e. The molecule has 4 nitrogen and oxygen atoms in total. The van der Waals surface area contributed by atoms with Crippen LogP contribution in [0.25, 0.3) is 0 Å². The first-order chi connectivity index (χ1) is 10.9. The van der Waals surface area contributed by atoms with Gasteiger partial charge in [-0.15, -0.1) is 0 Å². The number of rotatable bonds is 4. The molecule has 0 aliphatic carbocycles. The van der Waals surface area contributed by atoms with E-state index in [1.165, 1.54) is 18.2 Å². The highest BCUT2D eigenvalue weighted by atomic mass is 35.5. The molecule has 0 atom stereocenters. The van der Waals surface area contributed by atoms with Crippen molar-refractivity contribution in [2.75, 3.05) is 11.9 Å². The van der Waals surface area contributed by atoms with Gasteiger partial charge in [0, 0.05) is 5.02 Å². The van der Waals surface area contributed by atoms with E-state index < -0.39 is 18.5 Å². The number of ether oxygens (including phenoxy) is 1. The SMILES string of the molecule is O=C(COC(=O)c1ccc(Cl)cc1Cl)Nc1c(Cl)cccc1Cl. The second-order valence-electron chi connectivity index (χ2n) is 4.35. The minimum atomic E-state index is -0.743. The van der Waals surface area contributed by atoms with Gasteiger partial charge < -0.3 is 10.1 Å². The molecule has 0 aromatic heterocycles. The van der Waals surface area contributed by atoms with E-state index in [2.05, 4.69) is 5.32 Å². The van der Waals surface area contributed by atoms with Crippen molar-refractivity contribution in [3.05, 3.63) is 62.1 Å². The van der Waals surface area contributed by atoms with Crippen molar-refractivity contribution >= 4 is 64.0 Å². The predicted octanol–water partition coefficient (Wildman–Crippen LogP) is 5.10. The van der Waals surface area contributed by atoms with Crippen molar-refractivity contribution in [3.63, 3.8) is 0 Å². The van der Waals surface area contributed by atoms with Crippen LogP contribution in [0.3, 0.4) is 0 Å². The Bertz CT molecular complexity index is 744. The largest absolute Gasteiger partial charge is 0.452 e. The Morgan fingerprint density at radius 3 is 2.22 bits per heavy atom. The molecule has 0 saturated carbocycles. The fourth-order valence-corrected chi connectivity index (χ4v) is 2.63. The Hall–Kier alpha value is -1.46. The van der Waals surface area contributed by atoms with Gasteiger partial charge in [-0.2, -0.15) is 0 Å². The van der Waals surface area contributed by atoms with Gasteiger partial charge >= 0.3 is 5.97 Å². The lowest BCUT2D eigenvalue weighted by molar-refractivity contribution is -0.119. The van der Waals surface area contributed by atoms with Crippen molar-refractivity contribution in [2.45, 2.75) is 0 Å². The van der Waals surface area contributed by atoms with Crippen molar-refractivity contribution < 1.29 is 14.3 Å². The highest BCUT2D eigenvalue weighted by molar-refractivity contribution is 6.39. The molecule has 8 heteroatoms. The molecule has 2 aromatic carbocycles. The third-order valence-corrected chi connectivity index (χ3v) is 3.89. The lowest BCUT2D eigenvalue weighted by Gasteiger charge is -2.10. The van der Waals surface area contributed by atoms with Crippen LogP contribution in [0.15, 0.2) is 36.4 Å². The maximum Gasteiger partial charge on any atom is 0.340 e. The Kier molecular flexibility index (Phi) is 6.13. The fourth-order valence-electron chi connectivity index (χ4n) is 1.66. The zero-order valence-electron chi connectivity index (χ0n) is 11.4. The first-order valence-corrected chi connectivity index (χ1v) is 7.75. The van der Waals surface area contributed by atoms with E-state index in [0.29, 0.717) is 5.02 Å². The molecule has 0 fully saturated rings.